The topological polar surface area (TPSA) is 83.9 Å². The molecule has 1 N–H and O–H groups in total. The van der Waals surface area contributed by atoms with Gasteiger partial charge in [0.1, 0.15) is 0 Å². The van der Waals surface area contributed by atoms with E-state index in [0.717, 1.165) is 6.07 Å². The van der Waals surface area contributed by atoms with Gasteiger partial charge in [0.2, 0.25) is 10.0 Å². The highest BCUT2D eigenvalue weighted by molar-refractivity contribution is 9.10. The van der Waals surface area contributed by atoms with Gasteiger partial charge >= 0.3 is 5.97 Å². The predicted octanol–water partition coefficient (Wildman–Crippen LogP) is 2.46. The van der Waals surface area contributed by atoms with Crippen LogP contribution < -0.4 is 0 Å². The van der Waals surface area contributed by atoms with E-state index in [-0.39, 0.29) is 39.7 Å². The van der Waals surface area contributed by atoms with Crippen molar-refractivity contribution in [2.24, 2.45) is 0 Å². The van der Waals surface area contributed by atoms with Crippen molar-refractivity contribution < 1.29 is 23.1 Å². The van der Waals surface area contributed by atoms with E-state index >= 15 is 0 Å². The van der Waals surface area contributed by atoms with Gasteiger partial charge in [0.15, 0.2) is 0 Å². The van der Waals surface area contributed by atoms with Gasteiger partial charge in [-0.15, -0.1) is 0 Å². The van der Waals surface area contributed by atoms with Gasteiger partial charge < -0.3 is 9.84 Å². The van der Waals surface area contributed by atoms with E-state index in [1.165, 1.54) is 17.5 Å². The molecule has 21 heavy (non-hydrogen) atoms. The van der Waals surface area contributed by atoms with Crippen molar-refractivity contribution in [2.45, 2.75) is 11.8 Å². The monoisotopic (exact) mass is 399 g/mol. The lowest BCUT2D eigenvalue weighted by Crippen LogP contribution is -2.33. The number of aromatic carboxylic acids is 1. The highest BCUT2D eigenvalue weighted by Crippen LogP contribution is 2.31. The molecule has 0 saturated heterocycles. The molecule has 1 rings (SSSR count). The zero-order valence-corrected chi connectivity index (χ0v) is 14.6. The Morgan fingerprint density at radius 3 is 2.57 bits per heavy atom. The molecule has 6 nitrogen and oxygen atoms in total. The Morgan fingerprint density at radius 2 is 2.10 bits per heavy atom. The van der Waals surface area contributed by atoms with Crippen molar-refractivity contribution in [1.82, 2.24) is 4.31 Å². The number of carboxylic acid groups (broad SMARTS) is 1. The number of carbonyl (C=O) groups is 1. The molecular weight excluding hydrogens is 386 g/mol. The summed E-state index contributed by atoms with van der Waals surface area (Å²) in [6.07, 6.45) is 0. The number of rotatable bonds is 7. The minimum Gasteiger partial charge on any atom is -0.478 e. The second-order valence-electron chi connectivity index (χ2n) is 4.06. The maximum atomic E-state index is 12.5. The molecule has 1 aromatic carbocycles. The molecule has 0 saturated carbocycles. The highest BCUT2D eigenvalue weighted by atomic mass is 79.9. The van der Waals surface area contributed by atoms with Crippen molar-refractivity contribution in [3.05, 3.63) is 27.2 Å². The second-order valence-corrected chi connectivity index (χ2v) is 7.23. The zero-order valence-electron chi connectivity index (χ0n) is 11.5. The fourth-order valence-electron chi connectivity index (χ4n) is 1.66. The van der Waals surface area contributed by atoms with Crippen LogP contribution in [0.1, 0.15) is 17.3 Å². The van der Waals surface area contributed by atoms with E-state index in [1.54, 1.807) is 6.92 Å². The molecular formula is C12H15BrClNO5S. The normalized spacial score (nSPS) is 11.9. The molecule has 1 aromatic rings. The van der Waals surface area contributed by atoms with Crippen LogP contribution >= 0.6 is 27.5 Å². The first-order valence-electron chi connectivity index (χ1n) is 5.97. The van der Waals surface area contributed by atoms with E-state index in [0.29, 0.717) is 0 Å². The van der Waals surface area contributed by atoms with Crippen LogP contribution in [0.5, 0.6) is 0 Å². The van der Waals surface area contributed by atoms with Crippen molar-refractivity contribution in [3.8, 4) is 0 Å². The standard InChI is InChI=1S/C12H15BrClNO5S/c1-3-15(4-5-20-2)21(18,19)8-6-9(12(16)17)11(14)10(13)7-8/h6-7H,3-5H2,1-2H3,(H,16,17). The molecule has 0 fully saturated rings. The van der Waals surface area contributed by atoms with Crippen LogP contribution in [0.4, 0.5) is 0 Å². The average molecular weight is 401 g/mol. The zero-order chi connectivity index (χ0) is 16.2. The summed E-state index contributed by atoms with van der Waals surface area (Å²) < 4.78 is 31.3. The van der Waals surface area contributed by atoms with Gasteiger partial charge in [-0.05, 0) is 28.1 Å². The summed E-state index contributed by atoms with van der Waals surface area (Å²) in [6.45, 7) is 2.36. The predicted molar refractivity (Wildman–Crippen MR) is 82.4 cm³/mol. The SMILES string of the molecule is CCN(CCOC)S(=O)(=O)c1cc(Br)c(Cl)c(C(=O)O)c1. The third-order valence-corrected chi connectivity index (χ3v) is 5.98. The number of carboxylic acids is 1. The van der Waals surface area contributed by atoms with Crippen LogP contribution in [0.15, 0.2) is 21.5 Å². The Labute approximate surface area is 136 Å². The van der Waals surface area contributed by atoms with Gasteiger partial charge in [0.05, 0.1) is 22.1 Å². The Hall–Kier alpha value is -0.670. The number of ether oxygens (including phenoxy) is 1. The third kappa shape index (κ3) is 4.17. The van der Waals surface area contributed by atoms with Crippen LogP contribution in [0.25, 0.3) is 0 Å². The maximum Gasteiger partial charge on any atom is 0.337 e. The highest BCUT2D eigenvalue weighted by Gasteiger charge is 2.26. The lowest BCUT2D eigenvalue weighted by atomic mass is 10.2. The third-order valence-electron chi connectivity index (χ3n) is 2.77. The number of hydrogen-bond donors (Lipinski definition) is 1. The van der Waals surface area contributed by atoms with E-state index in [2.05, 4.69) is 15.9 Å². The van der Waals surface area contributed by atoms with Crippen LogP contribution in [-0.4, -0.2) is 50.6 Å². The van der Waals surface area contributed by atoms with Crippen LogP contribution in [0.2, 0.25) is 5.02 Å². The Balaban J connectivity index is 3.34. The minimum absolute atomic E-state index is 0.0404. The molecule has 0 heterocycles. The summed E-state index contributed by atoms with van der Waals surface area (Å²) >= 11 is 8.93. The van der Waals surface area contributed by atoms with Gasteiger partial charge in [-0.1, -0.05) is 18.5 Å². The first-order chi connectivity index (χ1) is 9.75. The maximum absolute atomic E-state index is 12.5. The number of benzene rings is 1. The van der Waals surface area contributed by atoms with Crippen molar-refractivity contribution >= 4 is 43.5 Å². The van der Waals surface area contributed by atoms with E-state index in [4.69, 9.17) is 21.4 Å². The number of hydrogen-bond acceptors (Lipinski definition) is 4. The smallest absolute Gasteiger partial charge is 0.337 e. The fraction of sp³-hybridized carbons (Fsp3) is 0.417. The average Bonchev–Trinajstić information content (AvgIpc) is 2.41. The first kappa shape index (κ1) is 18.4. The number of sulfonamides is 1. The van der Waals surface area contributed by atoms with E-state index in [1.807, 2.05) is 0 Å². The molecule has 0 unspecified atom stereocenters. The molecule has 0 spiro atoms. The van der Waals surface area contributed by atoms with Crippen molar-refractivity contribution in [1.29, 1.82) is 0 Å². The van der Waals surface area contributed by atoms with Gasteiger partial charge in [-0.25, -0.2) is 13.2 Å². The molecule has 0 aliphatic heterocycles. The summed E-state index contributed by atoms with van der Waals surface area (Å²) in [5, 5.41) is 9.04. The van der Waals surface area contributed by atoms with Gasteiger partial charge in [-0.3, -0.25) is 0 Å². The lowest BCUT2D eigenvalue weighted by molar-refractivity contribution is 0.0696. The Bertz CT molecular complexity index is 635. The molecule has 0 aromatic heterocycles. The van der Waals surface area contributed by atoms with E-state index < -0.39 is 16.0 Å². The van der Waals surface area contributed by atoms with Crippen LogP contribution in [0, 0.1) is 0 Å². The summed E-state index contributed by atoms with van der Waals surface area (Å²) in [7, 11) is -2.34. The lowest BCUT2D eigenvalue weighted by Gasteiger charge is -2.20. The molecule has 9 heteroatoms. The fourth-order valence-corrected chi connectivity index (χ4v) is 3.95. The molecule has 0 aliphatic carbocycles. The summed E-state index contributed by atoms with van der Waals surface area (Å²) in [6, 6.07) is 2.35. The second kappa shape index (κ2) is 7.55. The molecule has 0 radical (unpaired) electrons. The molecule has 0 aliphatic rings. The quantitative estimate of drug-likeness (QED) is 0.760. The van der Waals surface area contributed by atoms with Crippen LogP contribution in [-0.2, 0) is 14.8 Å². The summed E-state index contributed by atoms with van der Waals surface area (Å²) in [5.41, 5.74) is -0.271. The van der Waals surface area contributed by atoms with Crippen LogP contribution in [0.3, 0.4) is 0 Å². The van der Waals surface area contributed by atoms with Crippen molar-refractivity contribution in [3.63, 3.8) is 0 Å². The molecule has 0 amide bonds. The summed E-state index contributed by atoms with van der Waals surface area (Å²) in [5.74, 6) is -1.29. The number of halogens is 2. The van der Waals surface area contributed by atoms with Gasteiger partial charge in [-0.2, -0.15) is 4.31 Å². The van der Waals surface area contributed by atoms with Gasteiger partial charge in [0, 0.05) is 24.7 Å². The molecule has 0 bridgehead atoms. The largest absolute Gasteiger partial charge is 0.478 e. The number of nitrogens with zero attached hydrogens (tertiary/aromatic N) is 1. The Kier molecular flexibility index (Phi) is 6.61. The Morgan fingerprint density at radius 1 is 1.48 bits per heavy atom. The van der Waals surface area contributed by atoms with Gasteiger partial charge in [0.25, 0.3) is 0 Å². The molecule has 0 atom stereocenters. The van der Waals surface area contributed by atoms with Crippen molar-refractivity contribution in [2.75, 3.05) is 26.8 Å². The number of methoxy groups -OCH3 is 1. The minimum atomic E-state index is -3.82. The molecule has 118 valence electrons. The first-order valence-corrected chi connectivity index (χ1v) is 8.58. The van der Waals surface area contributed by atoms with E-state index in [9.17, 15) is 13.2 Å². The number of likely N-dealkylation sites (N-methyl/N-ethyl adjacent to an activating group) is 1. The summed E-state index contributed by atoms with van der Waals surface area (Å²) in [4.78, 5) is 11.0.